The van der Waals surface area contributed by atoms with Crippen LogP contribution >= 0.6 is 0 Å². The first kappa shape index (κ1) is 19.6. The van der Waals surface area contributed by atoms with Crippen LogP contribution in [0.5, 0.6) is 0 Å². The number of nitro groups is 1. The Labute approximate surface area is 155 Å². The van der Waals surface area contributed by atoms with Crippen LogP contribution < -0.4 is 0 Å². The maximum Gasteiger partial charge on any atom is 0.490 e. The first-order valence-electron chi connectivity index (χ1n) is 8.09. The lowest BCUT2D eigenvalue weighted by Crippen LogP contribution is -2.33. The van der Waals surface area contributed by atoms with Crippen LogP contribution in [-0.4, -0.2) is 46.5 Å². The minimum atomic E-state index is -5.02. The van der Waals surface area contributed by atoms with Gasteiger partial charge in [-0.2, -0.15) is 18.3 Å². The van der Waals surface area contributed by atoms with Crippen LogP contribution in [0.2, 0.25) is 0 Å². The number of alkyl halides is 3. The minimum absolute atomic E-state index is 0.150. The third-order valence-corrected chi connectivity index (χ3v) is 4.51. The summed E-state index contributed by atoms with van der Waals surface area (Å²) in [6.45, 7) is -0.340. The maximum absolute atomic E-state index is 12.1. The van der Waals surface area contributed by atoms with E-state index in [-0.39, 0.29) is 24.1 Å². The zero-order valence-corrected chi connectivity index (χ0v) is 14.4. The number of aromatic nitrogens is 2. The average molecular weight is 401 g/mol. The average Bonchev–Trinajstić information content (AvgIpc) is 2.99. The highest BCUT2D eigenvalue weighted by molar-refractivity contribution is 5.99. The van der Waals surface area contributed by atoms with Gasteiger partial charge in [-0.15, -0.1) is 0 Å². The zero-order chi connectivity index (χ0) is 20.6. The van der Waals surface area contributed by atoms with Gasteiger partial charge in [0.2, 0.25) is 0 Å². The molecule has 2 aromatic rings. The highest BCUT2D eigenvalue weighted by Gasteiger charge is 2.42. The molecule has 0 saturated heterocycles. The molecule has 0 atom stereocenters. The molecule has 1 aromatic carbocycles. The summed E-state index contributed by atoms with van der Waals surface area (Å²) < 4.78 is 46.7. The molecule has 150 valence electrons. The van der Waals surface area contributed by atoms with E-state index in [0.717, 1.165) is 7.11 Å². The van der Waals surface area contributed by atoms with Gasteiger partial charge in [-0.3, -0.25) is 14.8 Å². The number of benzene rings is 1. The van der Waals surface area contributed by atoms with E-state index in [2.05, 4.69) is 14.6 Å². The molecule has 0 radical (unpaired) electrons. The van der Waals surface area contributed by atoms with Crippen molar-refractivity contribution >= 4 is 28.5 Å². The van der Waals surface area contributed by atoms with E-state index in [1.165, 1.54) is 16.8 Å². The van der Waals surface area contributed by atoms with E-state index in [1.807, 2.05) is 0 Å². The molecule has 0 aliphatic heterocycles. The second kappa shape index (κ2) is 7.09. The van der Waals surface area contributed by atoms with Crippen LogP contribution in [0.25, 0.3) is 10.9 Å². The number of hydrogen-bond acceptors (Lipinski definition) is 7. The van der Waals surface area contributed by atoms with Crippen LogP contribution in [0.3, 0.4) is 0 Å². The van der Waals surface area contributed by atoms with Crippen LogP contribution in [0.15, 0.2) is 18.3 Å². The van der Waals surface area contributed by atoms with Gasteiger partial charge in [-0.25, -0.2) is 9.59 Å². The SMILES string of the molecule is COC(=O)c1cc2nn(C3CC(COC(=O)C(F)(F)F)C3)cc2cc1[N+](=O)[O-]. The standard InChI is InChI=1S/C16H14F3N3O6/c1-27-14(23)11-5-12-9(4-13(11)22(25)26)6-21(20-12)10-2-8(3-10)7-28-15(24)16(17,18)19/h4-6,8,10H,2-3,7H2,1H3. The van der Waals surface area contributed by atoms with Gasteiger partial charge in [0.1, 0.15) is 5.56 Å². The fraction of sp³-hybridized carbons (Fsp3) is 0.438. The van der Waals surface area contributed by atoms with Gasteiger partial charge in [0, 0.05) is 17.6 Å². The number of carbonyl (C=O) groups excluding carboxylic acids is 2. The first-order chi connectivity index (χ1) is 13.1. The van der Waals surface area contributed by atoms with Crippen molar-refractivity contribution in [3.63, 3.8) is 0 Å². The van der Waals surface area contributed by atoms with E-state index >= 15 is 0 Å². The van der Waals surface area contributed by atoms with Crippen molar-refractivity contribution < 1.29 is 37.2 Å². The second-order valence-corrected chi connectivity index (χ2v) is 6.37. The summed E-state index contributed by atoms with van der Waals surface area (Å²) in [5.74, 6) is -3.31. The number of hydrogen-bond donors (Lipinski definition) is 0. The molecule has 1 aliphatic rings. The Morgan fingerprint density at radius 3 is 2.61 bits per heavy atom. The molecule has 1 fully saturated rings. The summed E-state index contributed by atoms with van der Waals surface area (Å²) >= 11 is 0. The molecule has 28 heavy (non-hydrogen) atoms. The van der Waals surface area contributed by atoms with E-state index in [0.29, 0.717) is 23.7 Å². The Kier molecular flexibility index (Phi) is 4.96. The molecule has 0 N–H and O–H groups in total. The maximum atomic E-state index is 12.1. The van der Waals surface area contributed by atoms with Gasteiger partial charge in [0.15, 0.2) is 0 Å². The molecule has 1 heterocycles. The number of halogens is 3. The number of methoxy groups -OCH3 is 1. The fourth-order valence-electron chi connectivity index (χ4n) is 3.02. The van der Waals surface area contributed by atoms with Gasteiger partial charge in [-0.1, -0.05) is 0 Å². The summed E-state index contributed by atoms with van der Waals surface area (Å²) in [5, 5.41) is 15.9. The number of nitro benzene ring substituents is 1. The highest BCUT2D eigenvalue weighted by Crippen LogP contribution is 2.39. The normalized spacial score (nSPS) is 19.1. The number of rotatable bonds is 5. The zero-order valence-electron chi connectivity index (χ0n) is 14.4. The van der Waals surface area contributed by atoms with Crippen molar-refractivity contribution in [2.45, 2.75) is 25.1 Å². The Morgan fingerprint density at radius 1 is 1.36 bits per heavy atom. The summed E-state index contributed by atoms with van der Waals surface area (Å²) in [6.07, 6.45) is -2.59. The van der Waals surface area contributed by atoms with Crippen LogP contribution in [-0.2, 0) is 14.3 Å². The van der Waals surface area contributed by atoms with Gasteiger partial charge in [0.25, 0.3) is 5.69 Å². The quantitative estimate of drug-likeness (QED) is 0.430. The summed E-state index contributed by atoms with van der Waals surface area (Å²) in [5.41, 5.74) is -0.293. The summed E-state index contributed by atoms with van der Waals surface area (Å²) in [4.78, 5) is 33.0. The molecule has 9 nitrogen and oxygen atoms in total. The van der Waals surface area contributed by atoms with Gasteiger partial charge in [0.05, 0.1) is 30.2 Å². The molecular formula is C16H14F3N3O6. The number of nitrogens with zero attached hydrogens (tertiary/aromatic N) is 3. The topological polar surface area (TPSA) is 114 Å². The van der Waals surface area contributed by atoms with E-state index in [9.17, 15) is 32.9 Å². The van der Waals surface area contributed by atoms with E-state index in [4.69, 9.17) is 0 Å². The predicted octanol–water partition coefficient (Wildman–Crippen LogP) is 2.79. The number of esters is 2. The molecule has 0 amide bonds. The van der Waals surface area contributed by atoms with Crippen molar-refractivity contribution in [1.82, 2.24) is 9.78 Å². The second-order valence-electron chi connectivity index (χ2n) is 6.37. The lowest BCUT2D eigenvalue weighted by atomic mass is 9.81. The fourth-order valence-corrected chi connectivity index (χ4v) is 3.02. The number of fused-ring (bicyclic) bond motifs is 1. The number of carbonyl (C=O) groups is 2. The van der Waals surface area contributed by atoms with Crippen molar-refractivity contribution in [2.24, 2.45) is 5.92 Å². The molecule has 1 aromatic heterocycles. The van der Waals surface area contributed by atoms with Gasteiger partial charge >= 0.3 is 18.1 Å². The Bertz CT molecular complexity index is 949. The summed E-state index contributed by atoms with van der Waals surface area (Å²) in [7, 11) is 1.11. The molecule has 1 saturated carbocycles. The first-order valence-corrected chi connectivity index (χ1v) is 8.09. The van der Waals surface area contributed by atoms with Gasteiger partial charge in [-0.05, 0) is 24.8 Å². The monoisotopic (exact) mass is 401 g/mol. The smallest absolute Gasteiger partial charge is 0.465 e. The largest absolute Gasteiger partial charge is 0.490 e. The van der Waals surface area contributed by atoms with Crippen LogP contribution in [0.1, 0.15) is 29.2 Å². The Morgan fingerprint density at radius 2 is 2.04 bits per heavy atom. The lowest BCUT2D eigenvalue weighted by Gasteiger charge is -2.34. The van der Waals surface area contributed by atoms with E-state index in [1.54, 1.807) is 6.20 Å². The van der Waals surface area contributed by atoms with E-state index < -0.39 is 28.7 Å². The Balaban J connectivity index is 1.71. The summed E-state index contributed by atoms with van der Waals surface area (Å²) in [6, 6.07) is 2.33. The molecule has 0 unspecified atom stereocenters. The molecule has 1 aliphatic carbocycles. The molecule has 12 heteroatoms. The molecule has 0 spiro atoms. The lowest BCUT2D eigenvalue weighted by molar-refractivity contribution is -0.385. The van der Waals surface area contributed by atoms with Crippen molar-refractivity contribution in [3.05, 3.63) is 34.0 Å². The van der Waals surface area contributed by atoms with Crippen LogP contribution in [0.4, 0.5) is 18.9 Å². The minimum Gasteiger partial charge on any atom is -0.465 e. The third-order valence-electron chi connectivity index (χ3n) is 4.51. The molecule has 3 rings (SSSR count). The van der Waals surface area contributed by atoms with Crippen molar-refractivity contribution in [2.75, 3.05) is 13.7 Å². The van der Waals surface area contributed by atoms with Gasteiger partial charge < -0.3 is 9.47 Å². The number of ether oxygens (including phenoxy) is 2. The third kappa shape index (κ3) is 3.75. The van der Waals surface area contributed by atoms with Crippen molar-refractivity contribution in [1.29, 1.82) is 0 Å². The molecule has 0 bridgehead atoms. The van der Waals surface area contributed by atoms with Crippen molar-refractivity contribution in [3.8, 4) is 0 Å². The molecular weight excluding hydrogens is 387 g/mol. The van der Waals surface area contributed by atoms with Crippen LogP contribution in [0, 0.1) is 16.0 Å². The Hall–Kier alpha value is -3.18. The highest BCUT2D eigenvalue weighted by atomic mass is 19.4. The predicted molar refractivity (Wildman–Crippen MR) is 86.5 cm³/mol.